The molecule has 2 N–H and O–H groups in total. The van der Waals surface area contributed by atoms with E-state index in [-0.39, 0.29) is 24.0 Å². The zero-order valence-corrected chi connectivity index (χ0v) is 21.6. The van der Waals surface area contributed by atoms with Gasteiger partial charge in [-0.25, -0.2) is 14.4 Å². The first-order valence-electron chi connectivity index (χ1n) is 12.8. The fraction of sp³-hybridized carbons (Fsp3) is 0.286. The number of carbonyl (C=O) groups is 1. The smallest absolute Gasteiger partial charge is 0.233 e. The van der Waals surface area contributed by atoms with Gasteiger partial charge in [0.2, 0.25) is 11.8 Å². The Kier molecular flexibility index (Phi) is 6.57. The van der Waals surface area contributed by atoms with Crippen molar-refractivity contribution in [3.05, 3.63) is 66.4 Å². The number of oxazole rings is 1. The van der Waals surface area contributed by atoms with Crippen molar-refractivity contribution < 1.29 is 18.3 Å². The van der Waals surface area contributed by atoms with Crippen molar-refractivity contribution in [2.75, 3.05) is 37.4 Å². The van der Waals surface area contributed by atoms with E-state index in [1.807, 2.05) is 18.2 Å². The number of hydrogen-bond acceptors (Lipinski definition) is 8. The standard InChI is InChI=1S/C28H28FN7O3/c1-35(2)18-10-13-36(14-11-18)28-26-23(9-12-30-27(26)33-34-28)38-21-8-7-17(15-19(21)29)31-24(37)16-25-32-20-5-3-4-6-22(20)39-25/h3-9,12,15,18H,10-11,13-14,16H2,1-2H3,(H,31,37)(H,30,33,34). The van der Waals surface area contributed by atoms with Crippen molar-refractivity contribution in [1.82, 2.24) is 25.1 Å². The molecule has 2 aromatic carbocycles. The number of para-hydroxylation sites is 2. The van der Waals surface area contributed by atoms with E-state index in [0.717, 1.165) is 31.7 Å². The lowest BCUT2D eigenvalue weighted by Crippen LogP contribution is -2.42. The van der Waals surface area contributed by atoms with E-state index in [9.17, 15) is 4.79 Å². The van der Waals surface area contributed by atoms with Gasteiger partial charge in [0.1, 0.15) is 23.1 Å². The quantitative estimate of drug-likeness (QED) is 0.311. The van der Waals surface area contributed by atoms with Gasteiger partial charge < -0.3 is 24.3 Å². The van der Waals surface area contributed by atoms with Crippen LogP contribution in [0.1, 0.15) is 18.7 Å². The molecule has 1 aliphatic heterocycles. The third-order valence-corrected chi connectivity index (χ3v) is 6.98. The number of amides is 1. The summed E-state index contributed by atoms with van der Waals surface area (Å²) in [6, 6.07) is 13.8. The number of pyridine rings is 1. The monoisotopic (exact) mass is 529 g/mol. The summed E-state index contributed by atoms with van der Waals surface area (Å²) in [5.41, 5.74) is 2.16. The summed E-state index contributed by atoms with van der Waals surface area (Å²) in [6.07, 6.45) is 3.56. The number of H-pyrrole nitrogens is 1. The maximum absolute atomic E-state index is 15.1. The molecule has 0 aliphatic carbocycles. The summed E-state index contributed by atoms with van der Waals surface area (Å²) in [7, 11) is 4.20. The molecule has 0 bridgehead atoms. The summed E-state index contributed by atoms with van der Waals surface area (Å²) in [6.45, 7) is 1.70. The molecule has 39 heavy (non-hydrogen) atoms. The lowest BCUT2D eigenvalue weighted by atomic mass is 10.0. The third-order valence-electron chi connectivity index (χ3n) is 6.98. The van der Waals surface area contributed by atoms with Gasteiger partial charge in [-0.15, -0.1) is 0 Å². The second-order valence-electron chi connectivity index (χ2n) is 9.81. The highest BCUT2D eigenvalue weighted by atomic mass is 19.1. The second kappa shape index (κ2) is 10.3. The second-order valence-corrected chi connectivity index (χ2v) is 9.81. The number of halogens is 1. The van der Waals surface area contributed by atoms with Crippen molar-refractivity contribution in [2.24, 2.45) is 0 Å². The summed E-state index contributed by atoms with van der Waals surface area (Å²) in [5.74, 6) is 0.525. The zero-order valence-electron chi connectivity index (χ0n) is 21.6. The highest BCUT2D eigenvalue weighted by Gasteiger charge is 2.25. The molecule has 1 saturated heterocycles. The largest absolute Gasteiger partial charge is 0.453 e. The molecule has 4 heterocycles. The van der Waals surface area contributed by atoms with Crippen LogP contribution in [0.25, 0.3) is 22.1 Å². The fourth-order valence-corrected chi connectivity index (χ4v) is 4.93. The van der Waals surface area contributed by atoms with Crippen LogP contribution in [0.15, 0.2) is 59.1 Å². The minimum Gasteiger partial charge on any atom is -0.453 e. The van der Waals surface area contributed by atoms with E-state index in [2.05, 4.69) is 49.4 Å². The predicted molar refractivity (Wildman–Crippen MR) is 146 cm³/mol. The van der Waals surface area contributed by atoms with E-state index in [1.165, 1.54) is 12.1 Å². The van der Waals surface area contributed by atoms with Gasteiger partial charge in [0, 0.05) is 43.1 Å². The van der Waals surface area contributed by atoms with Crippen molar-refractivity contribution in [1.29, 1.82) is 0 Å². The molecule has 6 rings (SSSR count). The topological polar surface area (TPSA) is 112 Å². The molecule has 3 aromatic heterocycles. The Hall–Kier alpha value is -4.51. The van der Waals surface area contributed by atoms with Crippen molar-refractivity contribution in [3.63, 3.8) is 0 Å². The third kappa shape index (κ3) is 5.13. The lowest BCUT2D eigenvalue weighted by molar-refractivity contribution is -0.115. The van der Waals surface area contributed by atoms with E-state index >= 15 is 4.39 Å². The van der Waals surface area contributed by atoms with Crippen LogP contribution in [0.5, 0.6) is 11.5 Å². The Morgan fingerprint density at radius 1 is 1.18 bits per heavy atom. The first-order valence-corrected chi connectivity index (χ1v) is 12.8. The number of piperidine rings is 1. The number of anilines is 2. The minimum absolute atomic E-state index is 0.0258. The lowest BCUT2D eigenvalue weighted by Gasteiger charge is -2.35. The number of aromatic nitrogens is 4. The first kappa shape index (κ1) is 24.8. The molecular formula is C28H28FN7O3. The van der Waals surface area contributed by atoms with Crippen LogP contribution in [-0.2, 0) is 11.2 Å². The van der Waals surface area contributed by atoms with Gasteiger partial charge in [-0.05, 0) is 51.2 Å². The average molecular weight is 530 g/mol. The van der Waals surface area contributed by atoms with Crippen LogP contribution >= 0.6 is 0 Å². The Morgan fingerprint density at radius 3 is 2.77 bits per heavy atom. The molecule has 0 unspecified atom stereocenters. The number of aromatic amines is 1. The molecule has 11 heteroatoms. The van der Waals surface area contributed by atoms with E-state index < -0.39 is 5.82 Å². The molecule has 0 saturated carbocycles. The molecule has 5 aromatic rings. The van der Waals surface area contributed by atoms with Crippen LogP contribution in [0.2, 0.25) is 0 Å². The van der Waals surface area contributed by atoms with Gasteiger partial charge in [-0.1, -0.05) is 12.1 Å². The summed E-state index contributed by atoms with van der Waals surface area (Å²) < 4.78 is 26.7. The molecule has 10 nitrogen and oxygen atoms in total. The fourth-order valence-electron chi connectivity index (χ4n) is 4.93. The highest BCUT2D eigenvalue weighted by Crippen LogP contribution is 2.36. The summed E-state index contributed by atoms with van der Waals surface area (Å²) >= 11 is 0. The average Bonchev–Trinajstić information content (AvgIpc) is 3.54. The van der Waals surface area contributed by atoms with Gasteiger partial charge in [0.25, 0.3) is 0 Å². The maximum atomic E-state index is 15.1. The van der Waals surface area contributed by atoms with Gasteiger partial charge in [0.05, 0.1) is 0 Å². The SMILES string of the molecule is CN(C)C1CCN(c2n[nH]c3nccc(Oc4ccc(NC(=O)Cc5nc6ccccc6o5)cc4F)c23)CC1. The van der Waals surface area contributed by atoms with E-state index in [1.54, 1.807) is 24.4 Å². The molecule has 1 amide bonds. The number of carbonyl (C=O) groups excluding carboxylic acids is 1. The molecule has 1 fully saturated rings. The normalized spacial score (nSPS) is 14.4. The van der Waals surface area contributed by atoms with Crippen LogP contribution in [0, 0.1) is 5.82 Å². The summed E-state index contributed by atoms with van der Waals surface area (Å²) in [4.78, 5) is 25.7. The number of hydrogen-bond donors (Lipinski definition) is 2. The maximum Gasteiger partial charge on any atom is 0.233 e. The summed E-state index contributed by atoms with van der Waals surface area (Å²) in [5, 5.41) is 10.9. The van der Waals surface area contributed by atoms with Crippen LogP contribution < -0.4 is 15.0 Å². The van der Waals surface area contributed by atoms with Crippen LogP contribution in [-0.4, -0.2) is 64.2 Å². The Morgan fingerprint density at radius 2 is 2.00 bits per heavy atom. The van der Waals surface area contributed by atoms with Crippen LogP contribution in [0.4, 0.5) is 15.9 Å². The van der Waals surface area contributed by atoms with E-state index in [0.29, 0.717) is 39.6 Å². The molecule has 1 aliphatic rings. The number of nitrogens with zero attached hydrogens (tertiary/aromatic N) is 5. The number of benzene rings is 2. The molecule has 0 spiro atoms. The molecule has 200 valence electrons. The highest BCUT2D eigenvalue weighted by molar-refractivity contribution is 5.94. The van der Waals surface area contributed by atoms with Gasteiger partial charge in [-0.3, -0.25) is 9.89 Å². The number of ether oxygens (including phenoxy) is 1. The van der Waals surface area contributed by atoms with Crippen molar-refractivity contribution in [3.8, 4) is 11.5 Å². The minimum atomic E-state index is -0.614. The van der Waals surface area contributed by atoms with Gasteiger partial charge in [0.15, 0.2) is 28.6 Å². The van der Waals surface area contributed by atoms with Crippen molar-refractivity contribution in [2.45, 2.75) is 25.3 Å². The first-order chi connectivity index (χ1) is 18.9. The van der Waals surface area contributed by atoms with E-state index in [4.69, 9.17) is 9.15 Å². The predicted octanol–water partition coefficient (Wildman–Crippen LogP) is 4.74. The number of rotatable bonds is 7. The Balaban J connectivity index is 1.16. The zero-order chi connectivity index (χ0) is 26.9. The number of fused-ring (bicyclic) bond motifs is 2. The Labute approximate surface area is 223 Å². The Bertz CT molecular complexity index is 1610. The molecular weight excluding hydrogens is 501 g/mol. The molecule has 0 atom stereocenters. The van der Waals surface area contributed by atoms with Gasteiger partial charge in [-0.2, -0.15) is 5.10 Å². The number of nitrogens with one attached hydrogen (secondary N) is 2. The van der Waals surface area contributed by atoms with Crippen molar-refractivity contribution >= 4 is 39.5 Å². The van der Waals surface area contributed by atoms with Gasteiger partial charge >= 0.3 is 0 Å². The van der Waals surface area contributed by atoms with Crippen LogP contribution in [0.3, 0.4) is 0 Å². The molecule has 0 radical (unpaired) electrons.